The lowest BCUT2D eigenvalue weighted by atomic mass is 10.3. The summed E-state index contributed by atoms with van der Waals surface area (Å²) in [5, 5.41) is 6.35. The van der Waals surface area contributed by atoms with E-state index in [0.717, 1.165) is 10.2 Å². The van der Waals surface area contributed by atoms with E-state index in [4.69, 9.17) is 16.3 Å². The second-order valence-electron chi connectivity index (χ2n) is 3.33. The van der Waals surface area contributed by atoms with Crippen LogP contribution in [0.1, 0.15) is 0 Å². The van der Waals surface area contributed by atoms with Crippen LogP contribution in [0.25, 0.3) is 0 Å². The van der Waals surface area contributed by atoms with Crippen LogP contribution in [0, 0.1) is 0 Å². The van der Waals surface area contributed by atoms with Crippen molar-refractivity contribution in [3.63, 3.8) is 0 Å². The largest absolute Gasteiger partial charge is 0.383 e. The van der Waals surface area contributed by atoms with Crippen LogP contribution in [0.3, 0.4) is 0 Å². The summed E-state index contributed by atoms with van der Waals surface area (Å²) in [5.41, 5.74) is 0.836. The highest BCUT2D eigenvalue weighted by molar-refractivity contribution is 9.10. The minimum atomic E-state index is -0.0758. The first-order chi connectivity index (χ1) is 8.13. The van der Waals surface area contributed by atoms with E-state index in [2.05, 4.69) is 26.6 Å². The van der Waals surface area contributed by atoms with Gasteiger partial charge in [0.05, 0.1) is 18.2 Å². The molecule has 0 spiro atoms. The molecule has 6 heteroatoms. The van der Waals surface area contributed by atoms with Gasteiger partial charge < -0.3 is 15.4 Å². The third-order valence-electron chi connectivity index (χ3n) is 2.00. The maximum absolute atomic E-state index is 11.4. The van der Waals surface area contributed by atoms with E-state index in [0.29, 0.717) is 18.2 Å². The lowest BCUT2D eigenvalue weighted by Crippen LogP contribution is -2.32. The van der Waals surface area contributed by atoms with Gasteiger partial charge in [-0.1, -0.05) is 11.6 Å². The molecule has 1 aromatic rings. The molecule has 0 atom stereocenters. The van der Waals surface area contributed by atoms with Crippen LogP contribution in [0.2, 0.25) is 5.02 Å². The Morgan fingerprint density at radius 2 is 2.29 bits per heavy atom. The molecule has 0 fully saturated rings. The van der Waals surface area contributed by atoms with Gasteiger partial charge in [-0.15, -0.1) is 0 Å². The van der Waals surface area contributed by atoms with Crippen molar-refractivity contribution in [1.29, 1.82) is 0 Å². The molecule has 4 nitrogen and oxygen atoms in total. The summed E-state index contributed by atoms with van der Waals surface area (Å²) in [5.74, 6) is -0.0758. The number of rotatable bonds is 6. The van der Waals surface area contributed by atoms with Crippen LogP contribution in [0.5, 0.6) is 0 Å². The highest BCUT2D eigenvalue weighted by Crippen LogP contribution is 2.25. The van der Waals surface area contributed by atoms with Gasteiger partial charge in [0, 0.05) is 23.8 Å². The average Bonchev–Trinajstić information content (AvgIpc) is 2.31. The molecule has 0 unspecified atom stereocenters. The topological polar surface area (TPSA) is 50.4 Å². The first kappa shape index (κ1) is 14.3. The predicted molar refractivity (Wildman–Crippen MR) is 72.5 cm³/mol. The number of halogens is 2. The number of hydrogen-bond acceptors (Lipinski definition) is 3. The normalized spacial score (nSPS) is 10.1. The quantitative estimate of drug-likeness (QED) is 0.790. The van der Waals surface area contributed by atoms with Crippen molar-refractivity contribution in [3.8, 4) is 0 Å². The van der Waals surface area contributed by atoms with Gasteiger partial charge in [-0.2, -0.15) is 0 Å². The van der Waals surface area contributed by atoms with E-state index in [-0.39, 0.29) is 12.5 Å². The number of amides is 1. The molecule has 0 heterocycles. The van der Waals surface area contributed by atoms with Gasteiger partial charge in [0.2, 0.25) is 5.91 Å². The maximum atomic E-state index is 11.4. The second-order valence-corrected chi connectivity index (χ2v) is 4.59. The summed E-state index contributed by atoms with van der Waals surface area (Å²) < 4.78 is 5.62. The van der Waals surface area contributed by atoms with Crippen molar-refractivity contribution in [3.05, 3.63) is 27.7 Å². The molecular formula is C11H14BrClN2O2. The fraction of sp³-hybridized carbons (Fsp3) is 0.364. The molecule has 0 aliphatic heterocycles. The third kappa shape index (κ3) is 5.39. The molecule has 0 aromatic heterocycles. The summed E-state index contributed by atoms with van der Waals surface area (Å²) in [7, 11) is 1.59. The standard InChI is InChI=1S/C11H14BrClN2O2/c1-17-5-4-14-11(16)7-15-8-2-3-10(13)9(12)6-8/h2-3,6,15H,4-5,7H2,1H3,(H,14,16). The van der Waals surface area contributed by atoms with Gasteiger partial charge in [0.15, 0.2) is 0 Å². The number of benzene rings is 1. The second kappa shape index (κ2) is 7.53. The number of carbonyl (C=O) groups is 1. The summed E-state index contributed by atoms with van der Waals surface area (Å²) in [6, 6.07) is 5.40. The van der Waals surface area contributed by atoms with E-state index < -0.39 is 0 Å². The number of ether oxygens (including phenoxy) is 1. The van der Waals surface area contributed by atoms with Gasteiger partial charge in [-0.05, 0) is 34.1 Å². The molecule has 0 saturated carbocycles. The Morgan fingerprint density at radius 3 is 2.94 bits per heavy atom. The predicted octanol–water partition coefficient (Wildman–Crippen LogP) is 2.28. The highest BCUT2D eigenvalue weighted by Gasteiger charge is 2.02. The van der Waals surface area contributed by atoms with Crippen molar-refractivity contribution < 1.29 is 9.53 Å². The highest BCUT2D eigenvalue weighted by atomic mass is 79.9. The third-order valence-corrected chi connectivity index (χ3v) is 3.21. The van der Waals surface area contributed by atoms with E-state index in [1.54, 1.807) is 13.2 Å². The minimum absolute atomic E-state index is 0.0758. The van der Waals surface area contributed by atoms with Gasteiger partial charge in [0.1, 0.15) is 0 Å². The van der Waals surface area contributed by atoms with Crippen molar-refractivity contribution in [1.82, 2.24) is 5.32 Å². The average molecular weight is 322 g/mol. The Bertz CT molecular complexity index is 388. The molecule has 1 rings (SSSR count). The zero-order chi connectivity index (χ0) is 12.7. The molecule has 94 valence electrons. The Morgan fingerprint density at radius 1 is 1.53 bits per heavy atom. The fourth-order valence-corrected chi connectivity index (χ4v) is 1.64. The zero-order valence-corrected chi connectivity index (χ0v) is 11.8. The van der Waals surface area contributed by atoms with Crippen LogP contribution < -0.4 is 10.6 Å². The molecular weight excluding hydrogens is 307 g/mol. The number of anilines is 1. The molecule has 17 heavy (non-hydrogen) atoms. The molecule has 1 amide bonds. The van der Waals surface area contributed by atoms with Gasteiger partial charge in [-0.3, -0.25) is 4.79 Å². The Labute approximate surface area is 114 Å². The van der Waals surface area contributed by atoms with Crippen LogP contribution in [0.4, 0.5) is 5.69 Å². The zero-order valence-electron chi connectivity index (χ0n) is 9.43. The van der Waals surface area contributed by atoms with Crippen LogP contribution in [0.15, 0.2) is 22.7 Å². The van der Waals surface area contributed by atoms with Crippen molar-refractivity contribution in [2.45, 2.75) is 0 Å². The van der Waals surface area contributed by atoms with Crippen molar-refractivity contribution >= 4 is 39.1 Å². The lowest BCUT2D eigenvalue weighted by Gasteiger charge is -2.08. The van der Waals surface area contributed by atoms with Gasteiger partial charge in [-0.25, -0.2) is 0 Å². The van der Waals surface area contributed by atoms with E-state index >= 15 is 0 Å². The van der Waals surface area contributed by atoms with Gasteiger partial charge >= 0.3 is 0 Å². The SMILES string of the molecule is COCCNC(=O)CNc1ccc(Cl)c(Br)c1. The molecule has 0 bridgehead atoms. The fourth-order valence-electron chi connectivity index (χ4n) is 1.14. The first-order valence-electron chi connectivity index (χ1n) is 5.08. The Balaban J connectivity index is 2.34. The monoisotopic (exact) mass is 320 g/mol. The Kier molecular flexibility index (Phi) is 6.32. The Hall–Kier alpha value is -0.780. The first-order valence-corrected chi connectivity index (χ1v) is 6.25. The number of hydrogen-bond donors (Lipinski definition) is 2. The number of methoxy groups -OCH3 is 1. The van der Waals surface area contributed by atoms with E-state index in [9.17, 15) is 4.79 Å². The summed E-state index contributed by atoms with van der Waals surface area (Å²) >= 11 is 9.18. The number of carbonyl (C=O) groups excluding carboxylic acids is 1. The minimum Gasteiger partial charge on any atom is -0.383 e. The molecule has 1 aromatic carbocycles. The maximum Gasteiger partial charge on any atom is 0.239 e. The molecule has 0 aliphatic carbocycles. The smallest absolute Gasteiger partial charge is 0.239 e. The number of nitrogens with one attached hydrogen (secondary N) is 2. The molecule has 2 N–H and O–H groups in total. The van der Waals surface area contributed by atoms with Crippen molar-refractivity contribution in [2.75, 3.05) is 32.1 Å². The summed E-state index contributed by atoms with van der Waals surface area (Å²) in [4.78, 5) is 11.4. The van der Waals surface area contributed by atoms with E-state index in [1.807, 2.05) is 12.1 Å². The van der Waals surface area contributed by atoms with Crippen LogP contribution >= 0.6 is 27.5 Å². The van der Waals surface area contributed by atoms with Gasteiger partial charge in [0.25, 0.3) is 0 Å². The van der Waals surface area contributed by atoms with Crippen LogP contribution in [-0.4, -0.2) is 32.7 Å². The van der Waals surface area contributed by atoms with Crippen molar-refractivity contribution in [2.24, 2.45) is 0 Å². The molecule has 0 radical (unpaired) electrons. The lowest BCUT2D eigenvalue weighted by molar-refractivity contribution is -0.119. The van der Waals surface area contributed by atoms with Crippen LogP contribution in [-0.2, 0) is 9.53 Å². The summed E-state index contributed by atoms with van der Waals surface area (Å²) in [6.07, 6.45) is 0. The van der Waals surface area contributed by atoms with E-state index in [1.165, 1.54) is 0 Å². The molecule has 0 saturated heterocycles. The molecule has 0 aliphatic rings. The summed E-state index contributed by atoms with van der Waals surface area (Å²) in [6.45, 7) is 1.25.